The highest BCUT2D eigenvalue weighted by Crippen LogP contribution is 2.24. The van der Waals surface area contributed by atoms with Gasteiger partial charge in [-0.05, 0) is 18.2 Å². The van der Waals surface area contributed by atoms with Gasteiger partial charge in [-0.3, -0.25) is 4.79 Å². The fourth-order valence-corrected chi connectivity index (χ4v) is 2.49. The molecule has 1 aromatic heterocycles. The van der Waals surface area contributed by atoms with Crippen molar-refractivity contribution < 1.29 is 19.8 Å². The van der Waals surface area contributed by atoms with Gasteiger partial charge in [0.25, 0.3) is 5.91 Å². The molecule has 1 heterocycles. The minimum atomic E-state index is -1.18. The molecule has 8 heteroatoms. The van der Waals surface area contributed by atoms with Crippen molar-refractivity contribution in [2.24, 2.45) is 0 Å². The van der Waals surface area contributed by atoms with E-state index in [1.165, 1.54) is 11.3 Å². The van der Waals surface area contributed by atoms with Crippen molar-refractivity contribution in [2.45, 2.75) is 12.5 Å². The minimum absolute atomic E-state index is 0.0448. The van der Waals surface area contributed by atoms with Crippen LogP contribution in [0.25, 0.3) is 10.2 Å². The molecule has 1 unspecified atom stereocenters. The molecule has 0 spiro atoms. The number of carbonyl (C=O) groups is 2. The molecular weight excluding hydrogens is 282 g/mol. The zero-order valence-electron chi connectivity index (χ0n) is 10.4. The van der Waals surface area contributed by atoms with Crippen molar-refractivity contribution in [3.05, 3.63) is 23.8 Å². The average Bonchev–Trinajstić information content (AvgIpc) is 2.76. The molecule has 2 rings (SSSR count). The third kappa shape index (κ3) is 3.03. The first-order chi connectivity index (χ1) is 9.51. The number of hydrogen-bond donors (Lipinski definition) is 4. The van der Waals surface area contributed by atoms with Crippen molar-refractivity contribution in [3.8, 4) is 0 Å². The monoisotopic (exact) mass is 295 g/mol. The summed E-state index contributed by atoms with van der Waals surface area (Å²) in [6, 6.07) is 3.69. The van der Waals surface area contributed by atoms with Crippen LogP contribution in [0.2, 0.25) is 0 Å². The van der Waals surface area contributed by atoms with Crippen LogP contribution in [0.1, 0.15) is 16.8 Å². The number of benzene rings is 1. The highest BCUT2D eigenvalue weighted by atomic mass is 32.1. The summed E-state index contributed by atoms with van der Waals surface area (Å²) in [6.07, 6.45) is -0.0448. The number of fused-ring (bicyclic) bond motifs is 1. The van der Waals surface area contributed by atoms with Gasteiger partial charge in [-0.1, -0.05) is 11.3 Å². The molecule has 0 saturated heterocycles. The first-order valence-electron chi connectivity index (χ1n) is 5.82. The molecule has 1 amide bonds. The summed E-state index contributed by atoms with van der Waals surface area (Å²) in [4.78, 5) is 27.0. The first-order valence-corrected chi connectivity index (χ1v) is 6.63. The van der Waals surface area contributed by atoms with E-state index in [9.17, 15) is 9.59 Å². The van der Waals surface area contributed by atoms with Crippen LogP contribution in [0.4, 0.5) is 5.13 Å². The normalized spacial score (nSPS) is 12.2. The van der Waals surface area contributed by atoms with E-state index < -0.39 is 17.9 Å². The van der Waals surface area contributed by atoms with Crippen LogP contribution in [0.3, 0.4) is 0 Å². The molecule has 0 aliphatic carbocycles. The van der Waals surface area contributed by atoms with Gasteiger partial charge < -0.3 is 21.3 Å². The lowest BCUT2D eigenvalue weighted by Crippen LogP contribution is -2.41. The van der Waals surface area contributed by atoms with Gasteiger partial charge in [-0.2, -0.15) is 0 Å². The second-order valence-corrected chi connectivity index (χ2v) is 5.17. The number of amides is 1. The Morgan fingerprint density at radius 3 is 2.85 bits per heavy atom. The number of nitrogen functional groups attached to an aromatic ring is 1. The zero-order valence-corrected chi connectivity index (χ0v) is 11.2. The number of thiazole rings is 1. The minimum Gasteiger partial charge on any atom is -0.480 e. The Hall–Kier alpha value is -2.19. The SMILES string of the molecule is Nc1nc2ccc(C(=O)NC(CCO)C(=O)O)cc2s1. The Labute approximate surface area is 118 Å². The van der Waals surface area contributed by atoms with Crippen LogP contribution in [0.15, 0.2) is 18.2 Å². The van der Waals surface area contributed by atoms with E-state index in [2.05, 4.69) is 10.3 Å². The number of rotatable bonds is 5. The van der Waals surface area contributed by atoms with Crippen LogP contribution >= 0.6 is 11.3 Å². The summed E-state index contributed by atoms with van der Waals surface area (Å²) in [5.74, 6) is -1.70. The first kappa shape index (κ1) is 14.2. The van der Waals surface area contributed by atoms with E-state index in [1.54, 1.807) is 18.2 Å². The van der Waals surface area contributed by atoms with Crippen molar-refractivity contribution in [3.63, 3.8) is 0 Å². The number of carboxylic acids is 1. The molecule has 0 radical (unpaired) electrons. The molecule has 2 aromatic rings. The van der Waals surface area contributed by atoms with Crippen LogP contribution in [-0.4, -0.2) is 39.7 Å². The van der Waals surface area contributed by atoms with E-state index in [1.807, 2.05) is 0 Å². The third-order valence-corrected chi connectivity index (χ3v) is 3.54. The van der Waals surface area contributed by atoms with E-state index in [-0.39, 0.29) is 13.0 Å². The van der Waals surface area contributed by atoms with E-state index in [4.69, 9.17) is 15.9 Å². The van der Waals surface area contributed by atoms with Gasteiger partial charge >= 0.3 is 5.97 Å². The van der Waals surface area contributed by atoms with Gasteiger partial charge in [0.05, 0.1) is 10.2 Å². The second-order valence-electron chi connectivity index (χ2n) is 4.11. The molecule has 5 N–H and O–H groups in total. The van der Waals surface area contributed by atoms with Crippen molar-refractivity contribution in [1.29, 1.82) is 0 Å². The number of hydrogen-bond acceptors (Lipinski definition) is 6. The van der Waals surface area contributed by atoms with Gasteiger partial charge in [-0.25, -0.2) is 9.78 Å². The maximum atomic E-state index is 12.0. The molecule has 1 aromatic carbocycles. The maximum absolute atomic E-state index is 12.0. The summed E-state index contributed by atoms with van der Waals surface area (Å²) < 4.78 is 0.754. The molecule has 106 valence electrons. The largest absolute Gasteiger partial charge is 0.480 e. The molecule has 7 nitrogen and oxygen atoms in total. The fraction of sp³-hybridized carbons (Fsp3) is 0.250. The van der Waals surface area contributed by atoms with Crippen LogP contribution in [-0.2, 0) is 4.79 Å². The number of nitrogens with zero attached hydrogens (tertiary/aromatic N) is 1. The second kappa shape index (κ2) is 5.85. The molecule has 0 saturated carbocycles. The molecule has 0 aliphatic heterocycles. The van der Waals surface area contributed by atoms with Gasteiger partial charge in [0.2, 0.25) is 0 Å². The summed E-state index contributed by atoms with van der Waals surface area (Å²) >= 11 is 1.25. The lowest BCUT2D eigenvalue weighted by Gasteiger charge is -2.13. The topological polar surface area (TPSA) is 126 Å². The average molecular weight is 295 g/mol. The number of carbonyl (C=O) groups excluding carboxylic acids is 1. The number of aliphatic hydroxyl groups excluding tert-OH is 1. The Bertz CT molecular complexity index is 655. The molecule has 0 bridgehead atoms. The predicted octanol–water partition coefficient (Wildman–Crippen LogP) is 0.444. The van der Waals surface area contributed by atoms with E-state index >= 15 is 0 Å². The van der Waals surface area contributed by atoms with Crippen LogP contribution in [0, 0.1) is 0 Å². The van der Waals surface area contributed by atoms with Gasteiger partial charge in [0.1, 0.15) is 6.04 Å². The fourth-order valence-electron chi connectivity index (χ4n) is 1.71. The number of nitrogens with one attached hydrogen (secondary N) is 1. The Balaban J connectivity index is 2.19. The maximum Gasteiger partial charge on any atom is 0.326 e. The standard InChI is InChI=1S/C12H13N3O4S/c13-12-15-7-2-1-6(5-9(7)20-12)10(17)14-8(3-4-16)11(18)19/h1-2,5,8,16H,3-4H2,(H2,13,15)(H,14,17)(H,18,19). The highest BCUT2D eigenvalue weighted by molar-refractivity contribution is 7.22. The van der Waals surface area contributed by atoms with Gasteiger partial charge in [-0.15, -0.1) is 0 Å². The summed E-state index contributed by atoms with van der Waals surface area (Å²) in [5.41, 5.74) is 6.59. The lowest BCUT2D eigenvalue weighted by atomic mass is 10.1. The molecule has 0 fully saturated rings. The molecular formula is C12H13N3O4S. The predicted molar refractivity (Wildman–Crippen MR) is 74.6 cm³/mol. The number of aromatic nitrogens is 1. The highest BCUT2D eigenvalue weighted by Gasteiger charge is 2.20. The zero-order chi connectivity index (χ0) is 14.7. The van der Waals surface area contributed by atoms with E-state index in [0.29, 0.717) is 16.2 Å². The number of anilines is 1. The molecule has 1 atom stereocenters. The number of carboxylic acid groups (broad SMARTS) is 1. The Morgan fingerprint density at radius 1 is 1.45 bits per heavy atom. The van der Waals surface area contributed by atoms with E-state index in [0.717, 1.165) is 4.70 Å². The van der Waals surface area contributed by atoms with Crippen molar-refractivity contribution >= 4 is 38.6 Å². The number of aliphatic hydroxyl groups is 1. The number of aliphatic carboxylic acids is 1. The molecule has 0 aliphatic rings. The van der Waals surface area contributed by atoms with Crippen molar-refractivity contribution in [1.82, 2.24) is 10.3 Å². The smallest absolute Gasteiger partial charge is 0.326 e. The summed E-state index contributed by atoms with van der Waals surface area (Å²) in [5, 5.41) is 20.5. The Morgan fingerprint density at radius 2 is 2.20 bits per heavy atom. The number of nitrogens with two attached hydrogens (primary N) is 1. The molecule has 20 heavy (non-hydrogen) atoms. The van der Waals surface area contributed by atoms with Crippen molar-refractivity contribution in [2.75, 3.05) is 12.3 Å². The van der Waals surface area contributed by atoms with Gasteiger partial charge in [0.15, 0.2) is 5.13 Å². The lowest BCUT2D eigenvalue weighted by molar-refractivity contribution is -0.139. The van der Waals surface area contributed by atoms with Gasteiger partial charge in [0, 0.05) is 18.6 Å². The summed E-state index contributed by atoms with van der Waals surface area (Å²) in [6.45, 7) is -0.318. The van der Waals surface area contributed by atoms with Crippen LogP contribution in [0.5, 0.6) is 0 Å². The quantitative estimate of drug-likeness (QED) is 0.634. The van der Waals surface area contributed by atoms with Crippen LogP contribution < -0.4 is 11.1 Å². The third-order valence-electron chi connectivity index (χ3n) is 2.69. The Kier molecular flexibility index (Phi) is 4.16. The summed E-state index contributed by atoms with van der Waals surface area (Å²) in [7, 11) is 0.